The Morgan fingerprint density at radius 2 is 2.18 bits per heavy atom. The number of nitrogens with one attached hydrogen (secondary N) is 1. The summed E-state index contributed by atoms with van der Waals surface area (Å²) < 4.78 is 18.7. The van der Waals surface area contributed by atoms with Crippen LogP contribution in [0, 0.1) is 5.82 Å². The number of hydrogen-bond donors (Lipinski definition) is 2. The Kier molecular flexibility index (Phi) is 5.94. The zero-order valence-corrected chi connectivity index (χ0v) is 10.4. The zero-order valence-electron chi connectivity index (χ0n) is 10.4. The van der Waals surface area contributed by atoms with Gasteiger partial charge < -0.3 is 15.2 Å². The molecule has 17 heavy (non-hydrogen) atoms. The molecule has 0 aliphatic heterocycles. The summed E-state index contributed by atoms with van der Waals surface area (Å²) in [6.07, 6.45) is 1.46. The van der Waals surface area contributed by atoms with Gasteiger partial charge in [-0.3, -0.25) is 0 Å². The van der Waals surface area contributed by atoms with Crippen LogP contribution in [0.25, 0.3) is 0 Å². The van der Waals surface area contributed by atoms with E-state index in [1.807, 2.05) is 14.0 Å². The second kappa shape index (κ2) is 7.25. The highest BCUT2D eigenvalue weighted by atomic mass is 19.1. The first-order valence-electron chi connectivity index (χ1n) is 5.89. The predicted octanol–water partition coefficient (Wildman–Crippen LogP) is 2.26. The molecule has 2 N–H and O–H groups in total. The summed E-state index contributed by atoms with van der Waals surface area (Å²) in [7, 11) is 1.85. The van der Waals surface area contributed by atoms with Crippen LogP contribution in [-0.2, 0) is 0 Å². The van der Waals surface area contributed by atoms with Gasteiger partial charge in [0, 0.05) is 24.3 Å². The quantitative estimate of drug-likeness (QED) is 0.719. The molecule has 1 unspecified atom stereocenters. The van der Waals surface area contributed by atoms with Crippen molar-refractivity contribution in [2.75, 3.05) is 20.3 Å². The highest BCUT2D eigenvalue weighted by Gasteiger charge is 2.10. The molecule has 0 saturated heterocycles. The molecule has 0 fully saturated rings. The average molecular weight is 241 g/mol. The van der Waals surface area contributed by atoms with Crippen LogP contribution in [0.2, 0.25) is 0 Å². The predicted molar refractivity (Wildman–Crippen MR) is 65.7 cm³/mol. The van der Waals surface area contributed by atoms with E-state index in [1.165, 1.54) is 12.1 Å². The van der Waals surface area contributed by atoms with Crippen LogP contribution in [-0.4, -0.2) is 25.4 Å². The van der Waals surface area contributed by atoms with E-state index in [4.69, 9.17) is 9.84 Å². The molecule has 1 rings (SSSR count). The summed E-state index contributed by atoms with van der Waals surface area (Å²) in [5, 5.41) is 11.8. The highest BCUT2D eigenvalue weighted by Crippen LogP contribution is 2.26. The van der Waals surface area contributed by atoms with E-state index in [0.29, 0.717) is 18.8 Å². The first-order valence-corrected chi connectivity index (χ1v) is 5.89. The molecule has 0 bridgehead atoms. The van der Waals surface area contributed by atoms with Crippen LogP contribution in [0.5, 0.6) is 5.75 Å². The van der Waals surface area contributed by atoms with E-state index in [0.717, 1.165) is 12.0 Å². The Morgan fingerprint density at radius 3 is 2.82 bits per heavy atom. The van der Waals surface area contributed by atoms with Crippen molar-refractivity contribution in [1.29, 1.82) is 0 Å². The lowest BCUT2D eigenvalue weighted by Crippen LogP contribution is -2.14. The van der Waals surface area contributed by atoms with Crippen molar-refractivity contribution in [3.63, 3.8) is 0 Å². The summed E-state index contributed by atoms with van der Waals surface area (Å²) in [6, 6.07) is 4.69. The van der Waals surface area contributed by atoms with E-state index in [1.54, 1.807) is 6.07 Å². The zero-order chi connectivity index (χ0) is 12.7. The van der Waals surface area contributed by atoms with Gasteiger partial charge in [0.25, 0.3) is 0 Å². The van der Waals surface area contributed by atoms with Gasteiger partial charge in [0.2, 0.25) is 0 Å². The summed E-state index contributed by atoms with van der Waals surface area (Å²) in [5.41, 5.74) is 0.942. The molecule has 0 aliphatic carbocycles. The summed E-state index contributed by atoms with van der Waals surface area (Å²) in [4.78, 5) is 0. The molecule has 0 spiro atoms. The lowest BCUT2D eigenvalue weighted by atomic mass is 10.1. The standard InChI is InChI=1S/C13H20FNO2/c1-10(15-2)12-6-5-11(14)9-13(12)17-8-4-3-7-16/h5-6,9-10,15-16H,3-4,7-8H2,1-2H3. The molecule has 96 valence electrons. The Labute approximate surface area is 102 Å². The molecule has 0 radical (unpaired) electrons. The molecule has 1 aromatic carbocycles. The van der Waals surface area contributed by atoms with Crippen LogP contribution in [0.3, 0.4) is 0 Å². The normalized spacial score (nSPS) is 12.5. The molecule has 0 aromatic heterocycles. The van der Waals surface area contributed by atoms with Crippen molar-refractivity contribution in [2.24, 2.45) is 0 Å². The van der Waals surface area contributed by atoms with Crippen LogP contribution >= 0.6 is 0 Å². The number of benzene rings is 1. The van der Waals surface area contributed by atoms with Gasteiger partial charge in [-0.2, -0.15) is 0 Å². The van der Waals surface area contributed by atoms with Crippen molar-refractivity contribution >= 4 is 0 Å². The minimum Gasteiger partial charge on any atom is -0.493 e. The second-order valence-corrected chi connectivity index (χ2v) is 3.97. The number of aliphatic hydroxyl groups is 1. The lowest BCUT2D eigenvalue weighted by Gasteiger charge is -2.16. The Bertz CT molecular complexity index is 344. The maximum absolute atomic E-state index is 13.1. The molecular weight excluding hydrogens is 221 g/mol. The minimum atomic E-state index is -0.297. The Balaban J connectivity index is 2.69. The number of ether oxygens (including phenoxy) is 1. The van der Waals surface area contributed by atoms with Crippen molar-refractivity contribution in [3.8, 4) is 5.75 Å². The third kappa shape index (κ3) is 4.32. The van der Waals surface area contributed by atoms with Gasteiger partial charge in [-0.25, -0.2) is 4.39 Å². The third-order valence-electron chi connectivity index (χ3n) is 2.69. The molecule has 0 heterocycles. The lowest BCUT2D eigenvalue weighted by molar-refractivity contribution is 0.251. The van der Waals surface area contributed by atoms with Gasteiger partial charge in [0.05, 0.1) is 6.61 Å². The second-order valence-electron chi connectivity index (χ2n) is 3.97. The van der Waals surface area contributed by atoms with Crippen LogP contribution in [0.4, 0.5) is 4.39 Å². The molecule has 1 aromatic rings. The smallest absolute Gasteiger partial charge is 0.126 e. The maximum Gasteiger partial charge on any atom is 0.126 e. The van der Waals surface area contributed by atoms with Gasteiger partial charge in [-0.1, -0.05) is 6.07 Å². The maximum atomic E-state index is 13.1. The van der Waals surface area contributed by atoms with Crippen molar-refractivity contribution in [3.05, 3.63) is 29.6 Å². The number of rotatable bonds is 7. The summed E-state index contributed by atoms with van der Waals surface area (Å²) in [5.74, 6) is 0.277. The SMILES string of the molecule is CNC(C)c1ccc(F)cc1OCCCCO. The molecule has 0 amide bonds. The Morgan fingerprint density at radius 1 is 1.41 bits per heavy atom. The Hall–Kier alpha value is -1.13. The van der Waals surface area contributed by atoms with Gasteiger partial charge in [-0.05, 0) is 32.9 Å². The van der Waals surface area contributed by atoms with Gasteiger partial charge in [0.15, 0.2) is 0 Å². The van der Waals surface area contributed by atoms with Gasteiger partial charge in [-0.15, -0.1) is 0 Å². The van der Waals surface area contributed by atoms with E-state index >= 15 is 0 Å². The fourth-order valence-electron chi connectivity index (χ4n) is 1.54. The molecule has 0 aliphatic rings. The monoisotopic (exact) mass is 241 g/mol. The van der Waals surface area contributed by atoms with Crippen LogP contribution in [0.1, 0.15) is 31.4 Å². The van der Waals surface area contributed by atoms with E-state index in [-0.39, 0.29) is 18.5 Å². The number of halogens is 1. The van der Waals surface area contributed by atoms with Crippen LogP contribution in [0.15, 0.2) is 18.2 Å². The van der Waals surface area contributed by atoms with Crippen molar-refractivity contribution < 1.29 is 14.2 Å². The first-order chi connectivity index (χ1) is 8.19. The topological polar surface area (TPSA) is 41.5 Å². The van der Waals surface area contributed by atoms with Crippen LogP contribution < -0.4 is 10.1 Å². The fraction of sp³-hybridized carbons (Fsp3) is 0.538. The summed E-state index contributed by atoms with van der Waals surface area (Å²) >= 11 is 0. The number of aliphatic hydroxyl groups excluding tert-OH is 1. The highest BCUT2D eigenvalue weighted by molar-refractivity contribution is 5.36. The van der Waals surface area contributed by atoms with Gasteiger partial charge in [0.1, 0.15) is 11.6 Å². The largest absolute Gasteiger partial charge is 0.493 e. The molecule has 3 nitrogen and oxygen atoms in total. The molecule has 0 saturated carbocycles. The first kappa shape index (κ1) is 13.9. The number of hydrogen-bond acceptors (Lipinski definition) is 3. The van der Waals surface area contributed by atoms with Gasteiger partial charge >= 0.3 is 0 Å². The minimum absolute atomic E-state index is 0.114. The van der Waals surface area contributed by atoms with Crippen molar-refractivity contribution in [1.82, 2.24) is 5.32 Å². The van der Waals surface area contributed by atoms with E-state index in [9.17, 15) is 4.39 Å². The fourth-order valence-corrected chi connectivity index (χ4v) is 1.54. The average Bonchev–Trinajstić information content (AvgIpc) is 2.34. The molecule has 4 heteroatoms. The van der Waals surface area contributed by atoms with E-state index < -0.39 is 0 Å². The number of unbranched alkanes of at least 4 members (excludes halogenated alkanes) is 1. The molecular formula is C13H20FNO2. The third-order valence-corrected chi connectivity index (χ3v) is 2.69. The van der Waals surface area contributed by atoms with Crippen molar-refractivity contribution in [2.45, 2.75) is 25.8 Å². The van der Waals surface area contributed by atoms with E-state index in [2.05, 4.69) is 5.32 Å². The molecule has 1 atom stereocenters. The summed E-state index contributed by atoms with van der Waals surface area (Å²) in [6.45, 7) is 2.65.